The van der Waals surface area contributed by atoms with E-state index in [1.54, 1.807) is 17.0 Å². The number of carbonyl (C=O) groups is 2. The molecule has 1 saturated heterocycles. The van der Waals surface area contributed by atoms with Crippen LogP contribution in [0.3, 0.4) is 0 Å². The van der Waals surface area contributed by atoms with Gasteiger partial charge in [0.25, 0.3) is 5.91 Å². The first-order chi connectivity index (χ1) is 10.1. The van der Waals surface area contributed by atoms with Crippen molar-refractivity contribution in [1.82, 2.24) is 15.1 Å². The Morgan fingerprint density at radius 3 is 2.52 bits per heavy atom. The number of furan rings is 1. The first-order valence-corrected chi connectivity index (χ1v) is 7.45. The van der Waals surface area contributed by atoms with Crippen LogP contribution < -0.4 is 5.32 Å². The highest BCUT2D eigenvalue weighted by atomic mass is 16.3. The molecule has 0 saturated carbocycles. The third-order valence-electron chi connectivity index (χ3n) is 3.55. The molecule has 2 amide bonds. The normalized spacial score (nSPS) is 16.0. The SMILES string of the molecule is CCCNC(=O)CN1CCN(C(=O)c2ccc(C)o2)CC1. The second kappa shape index (κ2) is 7.26. The summed E-state index contributed by atoms with van der Waals surface area (Å²) in [6.07, 6.45) is 0.941. The van der Waals surface area contributed by atoms with Gasteiger partial charge in [0.15, 0.2) is 5.76 Å². The highest BCUT2D eigenvalue weighted by Gasteiger charge is 2.24. The van der Waals surface area contributed by atoms with E-state index in [1.165, 1.54) is 0 Å². The molecule has 0 aromatic carbocycles. The van der Waals surface area contributed by atoms with E-state index in [-0.39, 0.29) is 11.8 Å². The van der Waals surface area contributed by atoms with Gasteiger partial charge in [-0.2, -0.15) is 0 Å². The predicted octanol–water partition coefficient (Wildman–Crippen LogP) is 0.872. The summed E-state index contributed by atoms with van der Waals surface area (Å²) in [4.78, 5) is 27.7. The van der Waals surface area contributed by atoms with Crippen LogP contribution in [0.4, 0.5) is 0 Å². The van der Waals surface area contributed by atoms with Crippen molar-refractivity contribution in [3.63, 3.8) is 0 Å². The molecular formula is C15H23N3O3. The van der Waals surface area contributed by atoms with Crippen LogP contribution in [0.5, 0.6) is 0 Å². The summed E-state index contributed by atoms with van der Waals surface area (Å²) in [7, 11) is 0. The summed E-state index contributed by atoms with van der Waals surface area (Å²) in [5.41, 5.74) is 0. The molecule has 0 spiro atoms. The Morgan fingerprint density at radius 1 is 1.24 bits per heavy atom. The first kappa shape index (κ1) is 15.6. The third kappa shape index (κ3) is 4.32. The molecule has 116 valence electrons. The van der Waals surface area contributed by atoms with E-state index in [0.717, 1.165) is 18.7 Å². The molecule has 0 atom stereocenters. The molecule has 0 radical (unpaired) electrons. The minimum atomic E-state index is -0.0711. The molecule has 1 fully saturated rings. The zero-order valence-corrected chi connectivity index (χ0v) is 12.7. The van der Waals surface area contributed by atoms with Gasteiger partial charge in [-0.05, 0) is 25.5 Å². The maximum absolute atomic E-state index is 12.2. The first-order valence-electron chi connectivity index (χ1n) is 7.45. The Bertz CT molecular complexity index is 490. The van der Waals surface area contributed by atoms with Gasteiger partial charge < -0.3 is 14.6 Å². The average molecular weight is 293 g/mol. The van der Waals surface area contributed by atoms with Crippen molar-refractivity contribution in [2.75, 3.05) is 39.3 Å². The van der Waals surface area contributed by atoms with E-state index in [1.807, 2.05) is 13.8 Å². The quantitative estimate of drug-likeness (QED) is 0.875. The lowest BCUT2D eigenvalue weighted by molar-refractivity contribution is -0.122. The minimum Gasteiger partial charge on any atom is -0.456 e. The van der Waals surface area contributed by atoms with Crippen molar-refractivity contribution in [3.8, 4) is 0 Å². The Hall–Kier alpha value is -1.82. The number of aryl methyl sites for hydroxylation is 1. The van der Waals surface area contributed by atoms with Crippen LogP contribution in [0.25, 0.3) is 0 Å². The zero-order valence-electron chi connectivity index (χ0n) is 12.7. The molecule has 1 aromatic heterocycles. The molecule has 6 heteroatoms. The van der Waals surface area contributed by atoms with E-state index in [2.05, 4.69) is 10.2 Å². The smallest absolute Gasteiger partial charge is 0.289 e. The summed E-state index contributed by atoms with van der Waals surface area (Å²) in [5, 5.41) is 2.87. The molecule has 6 nitrogen and oxygen atoms in total. The zero-order chi connectivity index (χ0) is 15.2. The molecule has 21 heavy (non-hydrogen) atoms. The van der Waals surface area contributed by atoms with Crippen molar-refractivity contribution < 1.29 is 14.0 Å². The fourth-order valence-electron chi connectivity index (χ4n) is 2.34. The van der Waals surface area contributed by atoms with Gasteiger partial charge in [-0.3, -0.25) is 14.5 Å². The van der Waals surface area contributed by atoms with Gasteiger partial charge in [0.1, 0.15) is 5.76 Å². The van der Waals surface area contributed by atoms with Crippen LogP contribution in [0.15, 0.2) is 16.5 Å². The van der Waals surface area contributed by atoms with Crippen LogP contribution in [0, 0.1) is 6.92 Å². The van der Waals surface area contributed by atoms with E-state index < -0.39 is 0 Å². The predicted molar refractivity (Wildman–Crippen MR) is 79.1 cm³/mol. The molecular weight excluding hydrogens is 270 g/mol. The number of nitrogens with one attached hydrogen (secondary N) is 1. The van der Waals surface area contributed by atoms with Gasteiger partial charge in [-0.1, -0.05) is 6.92 Å². The Kier molecular flexibility index (Phi) is 5.38. The van der Waals surface area contributed by atoms with Crippen LogP contribution in [-0.2, 0) is 4.79 Å². The van der Waals surface area contributed by atoms with Crippen LogP contribution in [0.1, 0.15) is 29.7 Å². The van der Waals surface area contributed by atoms with Crippen molar-refractivity contribution in [2.24, 2.45) is 0 Å². The minimum absolute atomic E-state index is 0.0540. The molecule has 0 unspecified atom stereocenters. The monoisotopic (exact) mass is 293 g/mol. The van der Waals surface area contributed by atoms with Gasteiger partial charge in [0.05, 0.1) is 6.54 Å². The highest BCUT2D eigenvalue weighted by molar-refractivity contribution is 5.91. The van der Waals surface area contributed by atoms with Crippen molar-refractivity contribution in [1.29, 1.82) is 0 Å². The summed E-state index contributed by atoms with van der Waals surface area (Å²) < 4.78 is 5.37. The van der Waals surface area contributed by atoms with Gasteiger partial charge >= 0.3 is 0 Å². The number of piperazine rings is 1. The van der Waals surface area contributed by atoms with E-state index in [0.29, 0.717) is 38.5 Å². The number of hydrogen-bond acceptors (Lipinski definition) is 4. The maximum Gasteiger partial charge on any atom is 0.289 e. The third-order valence-corrected chi connectivity index (χ3v) is 3.55. The van der Waals surface area contributed by atoms with Gasteiger partial charge in [0, 0.05) is 32.7 Å². The lowest BCUT2D eigenvalue weighted by atomic mass is 10.2. The number of nitrogens with zero attached hydrogens (tertiary/aromatic N) is 2. The number of hydrogen-bond donors (Lipinski definition) is 1. The summed E-state index contributed by atoms with van der Waals surface area (Å²) in [6, 6.07) is 3.50. The number of amides is 2. The summed E-state index contributed by atoms with van der Waals surface area (Å²) in [6.45, 7) is 7.65. The van der Waals surface area contributed by atoms with E-state index in [4.69, 9.17) is 4.42 Å². The lowest BCUT2D eigenvalue weighted by Crippen LogP contribution is -2.51. The second-order valence-electron chi connectivity index (χ2n) is 5.33. The molecule has 2 heterocycles. The summed E-state index contributed by atoms with van der Waals surface area (Å²) >= 11 is 0. The largest absolute Gasteiger partial charge is 0.456 e. The highest BCUT2D eigenvalue weighted by Crippen LogP contribution is 2.11. The fourth-order valence-corrected chi connectivity index (χ4v) is 2.34. The van der Waals surface area contributed by atoms with Crippen LogP contribution in [-0.4, -0.2) is 60.9 Å². The van der Waals surface area contributed by atoms with Crippen molar-refractivity contribution in [3.05, 3.63) is 23.7 Å². The topological polar surface area (TPSA) is 65.8 Å². The fraction of sp³-hybridized carbons (Fsp3) is 0.600. The second-order valence-corrected chi connectivity index (χ2v) is 5.33. The molecule has 2 rings (SSSR count). The van der Waals surface area contributed by atoms with Gasteiger partial charge in [0.2, 0.25) is 5.91 Å². The Balaban J connectivity index is 1.78. The number of rotatable bonds is 5. The van der Waals surface area contributed by atoms with E-state index >= 15 is 0 Å². The van der Waals surface area contributed by atoms with Crippen molar-refractivity contribution >= 4 is 11.8 Å². The molecule has 1 N–H and O–H groups in total. The maximum atomic E-state index is 12.2. The molecule has 1 aromatic rings. The lowest BCUT2D eigenvalue weighted by Gasteiger charge is -2.33. The van der Waals surface area contributed by atoms with Crippen LogP contribution >= 0.6 is 0 Å². The average Bonchev–Trinajstić information content (AvgIpc) is 2.92. The molecule has 0 aliphatic carbocycles. The van der Waals surface area contributed by atoms with Gasteiger partial charge in [-0.25, -0.2) is 0 Å². The molecule has 1 aliphatic rings. The molecule has 0 bridgehead atoms. The Morgan fingerprint density at radius 2 is 1.95 bits per heavy atom. The van der Waals surface area contributed by atoms with Crippen molar-refractivity contribution in [2.45, 2.75) is 20.3 Å². The van der Waals surface area contributed by atoms with E-state index in [9.17, 15) is 9.59 Å². The number of carbonyl (C=O) groups excluding carboxylic acids is 2. The molecule has 1 aliphatic heterocycles. The van der Waals surface area contributed by atoms with Gasteiger partial charge in [-0.15, -0.1) is 0 Å². The van der Waals surface area contributed by atoms with Crippen LogP contribution in [0.2, 0.25) is 0 Å². The summed E-state index contributed by atoms with van der Waals surface area (Å²) in [5.74, 6) is 1.11. The Labute approximate surface area is 125 Å². The standard InChI is InChI=1S/C15H23N3O3/c1-3-6-16-14(19)11-17-7-9-18(10-8-17)15(20)13-5-4-12(2)21-13/h4-5H,3,6-11H2,1-2H3,(H,16,19).